The molecule has 1 aliphatic heterocycles. The van der Waals surface area contributed by atoms with E-state index < -0.39 is 0 Å². The fraction of sp³-hybridized carbons (Fsp3) is 0.353. The van der Waals surface area contributed by atoms with Crippen molar-refractivity contribution in [1.82, 2.24) is 0 Å². The van der Waals surface area contributed by atoms with Gasteiger partial charge in [-0.1, -0.05) is 19.1 Å². The topological polar surface area (TPSA) is 46.5 Å². The summed E-state index contributed by atoms with van der Waals surface area (Å²) in [5, 5.41) is 10.9. The van der Waals surface area contributed by atoms with Gasteiger partial charge in [-0.2, -0.15) is 0 Å². The van der Waals surface area contributed by atoms with Crippen LogP contribution < -0.4 is 4.74 Å². The molecule has 2 aromatic rings. The zero-order valence-corrected chi connectivity index (χ0v) is 12.8. The average molecular weight is 302 g/mol. The lowest BCUT2D eigenvalue weighted by Gasteiger charge is -2.17. The molecule has 4 heteroatoms. The highest BCUT2D eigenvalue weighted by Gasteiger charge is 2.26. The maximum absolute atomic E-state index is 12.7. The molecule has 1 aliphatic rings. The number of carbonyl (C=O) groups is 1. The Kier molecular flexibility index (Phi) is 4.08. The predicted octanol–water partition coefficient (Wildman–Crippen LogP) is 3.75. The van der Waals surface area contributed by atoms with Crippen molar-refractivity contribution in [1.29, 1.82) is 0 Å². The monoisotopic (exact) mass is 302 g/mol. The van der Waals surface area contributed by atoms with E-state index in [0.717, 1.165) is 34.6 Å². The SMILES string of the molecule is CC(CCCO)c1cccc2c1OCc1sccc1C2=O. The van der Waals surface area contributed by atoms with Crippen molar-refractivity contribution in [2.24, 2.45) is 0 Å². The number of hydrogen-bond donors (Lipinski definition) is 1. The summed E-state index contributed by atoms with van der Waals surface area (Å²) in [7, 11) is 0. The molecule has 2 heterocycles. The van der Waals surface area contributed by atoms with E-state index in [1.807, 2.05) is 29.6 Å². The standard InChI is InChI=1S/C17H18O3S/c1-11(4-3-8-18)12-5-2-6-14-16(19)13-7-9-21-15(13)10-20-17(12)14/h2,5-7,9,11,18H,3-4,8,10H2,1H3. The number of ketones is 1. The van der Waals surface area contributed by atoms with E-state index in [2.05, 4.69) is 6.92 Å². The number of hydrogen-bond acceptors (Lipinski definition) is 4. The van der Waals surface area contributed by atoms with Crippen LogP contribution in [0.15, 0.2) is 29.6 Å². The normalized spacial score (nSPS) is 14.9. The summed E-state index contributed by atoms with van der Waals surface area (Å²) in [5.41, 5.74) is 2.48. The van der Waals surface area contributed by atoms with E-state index in [1.165, 1.54) is 0 Å². The summed E-state index contributed by atoms with van der Waals surface area (Å²) in [4.78, 5) is 13.7. The molecule has 0 radical (unpaired) electrons. The van der Waals surface area contributed by atoms with Gasteiger partial charge in [-0.3, -0.25) is 4.79 Å². The van der Waals surface area contributed by atoms with E-state index in [9.17, 15) is 4.79 Å². The van der Waals surface area contributed by atoms with Crippen LogP contribution in [0.3, 0.4) is 0 Å². The number of aliphatic hydroxyl groups excluding tert-OH is 1. The zero-order valence-electron chi connectivity index (χ0n) is 12.0. The van der Waals surface area contributed by atoms with E-state index in [0.29, 0.717) is 12.2 Å². The van der Waals surface area contributed by atoms with E-state index in [1.54, 1.807) is 11.3 Å². The molecule has 0 fully saturated rings. The van der Waals surface area contributed by atoms with Crippen molar-refractivity contribution < 1.29 is 14.6 Å². The first-order chi connectivity index (χ1) is 10.2. The van der Waals surface area contributed by atoms with Crippen molar-refractivity contribution in [3.63, 3.8) is 0 Å². The molecule has 1 aromatic carbocycles. The Labute approximate surface area is 128 Å². The molecular formula is C17H18O3S. The molecule has 0 aliphatic carbocycles. The summed E-state index contributed by atoms with van der Waals surface area (Å²) >= 11 is 1.56. The zero-order chi connectivity index (χ0) is 14.8. The van der Waals surface area contributed by atoms with Gasteiger partial charge in [0, 0.05) is 12.2 Å². The molecule has 1 unspecified atom stereocenters. The Morgan fingerprint density at radius 2 is 2.19 bits per heavy atom. The van der Waals surface area contributed by atoms with Crippen LogP contribution in [0.5, 0.6) is 5.75 Å². The number of rotatable bonds is 4. The van der Waals surface area contributed by atoms with Gasteiger partial charge in [0.1, 0.15) is 12.4 Å². The van der Waals surface area contributed by atoms with Crippen LogP contribution >= 0.6 is 11.3 Å². The van der Waals surface area contributed by atoms with Crippen LogP contribution in [0.1, 0.15) is 52.0 Å². The van der Waals surface area contributed by atoms with E-state index in [4.69, 9.17) is 9.84 Å². The first kappa shape index (κ1) is 14.3. The predicted molar refractivity (Wildman–Crippen MR) is 83.3 cm³/mol. The Morgan fingerprint density at radius 1 is 1.33 bits per heavy atom. The second-order valence-electron chi connectivity index (χ2n) is 5.37. The number of ether oxygens (including phenoxy) is 1. The van der Waals surface area contributed by atoms with E-state index in [-0.39, 0.29) is 18.3 Å². The van der Waals surface area contributed by atoms with Crippen LogP contribution in [-0.4, -0.2) is 17.5 Å². The number of thiophene rings is 1. The van der Waals surface area contributed by atoms with Crippen molar-refractivity contribution >= 4 is 17.1 Å². The van der Waals surface area contributed by atoms with E-state index >= 15 is 0 Å². The van der Waals surface area contributed by atoms with Crippen LogP contribution in [0, 0.1) is 0 Å². The lowest BCUT2D eigenvalue weighted by molar-refractivity contribution is 0.103. The van der Waals surface area contributed by atoms with Gasteiger partial charge < -0.3 is 9.84 Å². The molecule has 1 N–H and O–H groups in total. The number of benzene rings is 1. The highest BCUT2D eigenvalue weighted by atomic mass is 32.1. The Morgan fingerprint density at radius 3 is 3.00 bits per heavy atom. The number of para-hydroxylation sites is 1. The number of aliphatic hydroxyl groups is 1. The molecular weight excluding hydrogens is 284 g/mol. The molecule has 0 spiro atoms. The van der Waals surface area contributed by atoms with Crippen molar-refractivity contribution in [3.05, 3.63) is 51.2 Å². The Hall–Kier alpha value is -1.65. The first-order valence-corrected chi connectivity index (χ1v) is 8.08. The molecule has 1 atom stereocenters. The molecule has 0 bridgehead atoms. The summed E-state index contributed by atoms with van der Waals surface area (Å²) < 4.78 is 5.96. The van der Waals surface area contributed by atoms with Crippen LogP contribution in [0.2, 0.25) is 0 Å². The van der Waals surface area contributed by atoms with Crippen LogP contribution in [0.25, 0.3) is 0 Å². The fourth-order valence-electron chi connectivity index (χ4n) is 2.77. The van der Waals surface area contributed by atoms with Crippen molar-refractivity contribution in [2.45, 2.75) is 32.3 Å². The smallest absolute Gasteiger partial charge is 0.198 e. The second-order valence-corrected chi connectivity index (χ2v) is 6.37. The fourth-order valence-corrected chi connectivity index (χ4v) is 3.56. The first-order valence-electron chi connectivity index (χ1n) is 7.20. The van der Waals surface area contributed by atoms with Gasteiger partial charge >= 0.3 is 0 Å². The van der Waals surface area contributed by atoms with Crippen molar-refractivity contribution in [3.8, 4) is 5.75 Å². The third kappa shape index (κ3) is 2.61. The molecule has 3 nitrogen and oxygen atoms in total. The van der Waals surface area contributed by atoms with Gasteiger partial charge in [-0.25, -0.2) is 0 Å². The molecule has 3 rings (SSSR count). The van der Waals surface area contributed by atoms with Crippen molar-refractivity contribution in [2.75, 3.05) is 6.61 Å². The third-order valence-corrected chi connectivity index (χ3v) is 4.85. The summed E-state index contributed by atoms with van der Waals surface area (Å²) in [6.07, 6.45) is 1.64. The maximum atomic E-state index is 12.7. The van der Waals surface area contributed by atoms with Gasteiger partial charge in [-0.05, 0) is 41.8 Å². The Bertz CT molecular complexity index is 660. The van der Waals surface area contributed by atoms with Gasteiger partial charge in [-0.15, -0.1) is 11.3 Å². The van der Waals surface area contributed by atoms with Gasteiger partial charge in [0.2, 0.25) is 0 Å². The minimum absolute atomic E-state index is 0.0509. The highest BCUT2D eigenvalue weighted by Crippen LogP contribution is 2.37. The number of fused-ring (bicyclic) bond motifs is 2. The average Bonchev–Trinajstić information content (AvgIpc) is 2.93. The third-order valence-electron chi connectivity index (χ3n) is 3.95. The minimum atomic E-state index is 0.0509. The molecule has 0 saturated carbocycles. The van der Waals surface area contributed by atoms with Crippen LogP contribution in [-0.2, 0) is 6.61 Å². The van der Waals surface area contributed by atoms with Crippen LogP contribution in [0.4, 0.5) is 0 Å². The minimum Gasteiger partial charge on any atom is -0.487 e. The molecule has 21 heavy (non-hydrogen) atoms. The maximum Gasteiger partial charge on any atom is 0.198 e. The molecule has 0 amide bonds. The summed E-state index contributed by atoms with van der Waals surface area (Å²) in [6, 6.07) is 7.66. The Balaban J connectivity index is 2.01. The number of carbonyl (C=O) groups excluding carboxylic acids is 1. The van der Waals surface area contributed by atoms with Gasteiger partial charge in [0.15, 0.2) is 5.78 Å². The molecule has 0 saturated heterocycles. The molecule has 110 valence electrons. The largest absolute Gasteiger partial charge is 0.487 e. The summed E-state index contributed by atoms with van der Waals surface area (Å²) in [6.45, 7) is 2.76. The van der Waals surface area contributed by atoms with Gasteiger partial charge in [0.05, 0.1) is 10.4 Å². The quantitative estimate of drug-likeness (QED) is 0.935. The lowest BCUT2D eigenvalue weighted by Crippen LogP contribution is -2.05. The highest BCUT2D eigenvalue weighted by molar-refractivity contribution is 7.10. The molecule has 1 aromatic heterocycles. The summed E-state index contributed by atoms with van der Waals surface area (Å²) in [5.74, 6) is 1.03. The van der Waals surface area contributed by atoms with Gasteiger partial charge in [0.25, 0.3) is 0 Å². The lowest BCUT2D eigenvalue weighted by atomic mass is 9.92. The second kappa shape index (κ2) is 6.00.